The molecule has 2 aromatic carbocycles. The van der Waals surface area contributed by atoms with Crippen LogP contribution < -0.4 is 4.90 Å². The zero-order chi connectivity index (χ0) is 17.5. The Kier molecular flexibility index (Phi) is 3.68. The molecule has 5 rings (SSSR count). The first kappa shape index (κ1) is 15.5. The van der Waals surface area contributed by atoms with E-state index >= 15 is 0 Å². The highest BCUT2D eigenvalue weighted by molar-refractivity contribution is 5.96. The van der Waals surface area contributed by atoms with Gasteiger partial charge in [-0.3, -0.25) is 9.80 Å². The molecular weight excluding hydrogens is 326 g/mol. The normalized spacial score (nSPS) is 17.5. The maximum atomic E-state index is 12.8. The van der Waals surface area contributed by atoms with Gasteiger partial charge in [-0.05, 0) is 35.4 Å². The van der Waals surface area contributed by atoms with Crippen LogP contribution in [0.15, 0.2) is 59.2 Å². The summed E-state index contributed by atoms with van der Waals surface area (Å²) in [4.78, 5) is 19.1. The third-order valence-electron chi connectivity index (χ3n) is 5.44. The Morgan fingerprint density at radius 3 is 2.54 bits per heavy atom. The van der Waals surface area contributed by atoms with Crippen LogP contribution in [0.5, 0.6) is 0 Å². The van der Waals surface area contributed by atoms with E-state index in [9.17, 15) is 4.79 Å². The molecule has 0 saturated carbocycles. The molecule has 1 fully saturated rings. The molecule has 0 spiro atoms. The van der Waals surface area contributed by atoms with Gasteiger partial charge in [-0.2, -0.15) is 0 Å². The van der Waals surface area contributed by atoms with Crippen LogP contribution >= 0.6 is 0 Å². The van der Waals surface area contributed by atoms with Crippen LogP contribution in [0.25, 0.3) is 11.0 Å². The predicted molar refractivity (Wildman–Crippen MR) is 101 cm³/mol. The van der Waals surface area contributed by atoms with Crippen molar-refractivity contribution in [2.75, 3.05) is 31.1 Å². The van der Waals surface area contributed by atoms with Crippen LogP contribution in [0.2, 0.25) is 0 Å². The van der Waals surface area contributed by atoms with Crippen molar-refractivity contribution in [2.45, 2.75) is 13.1 Å². The predicted octanol–water partition coefficient (Wildman–Crippen LogP) is 3.69. The number of nitrogens with zero attached hydrogens (tertiary/aromatic N) is 3. The molecule has 2 amide bonds. The fraction of sp³-hybridized carbons (Fsp3) is 0.286. The van der Waals surface area contributed by atoms with Gasteiger partial charge >= 0.3 is 6.03 Å². The molecule has 1 aromatic heterocycles. The summed E-state index contributed by atoms with van der Waals surface area (Å²) in [7, 11) is 0. The SMILES string of the molecule is O=C1N(CCN2Cc3ccccc3C2)CCN1c1ccc2occc2c1. The number of carbonyl (C=O) groups is 1. The van der Waals surface area contributed by atoms with E-state index in [2.05, 4.69) is 29.2 Å². The molecule has 26 heavy (non-hydrogen) atoms. The second-order valence-corrected chi connectivity index (χ2v) is 7.04. The maximum absolute atomic E-state index is 12.8. The molecule has 5 nitrogen and oxygen atoms in total. The lowest BCUT2D eigenvalue weighted by molar-refractivity contribution is 0.204. The third kappa shape index (κ3) is 2.65. The number of carbonyl (C=O) groups excluding carboxylic acids is 1. The van der Waals surface area contributed by atoms with E-state index in [1.54, 1.807) is 6.26 Å². The minimum Gasteiger partial charge on any atom is -0.464 e. The first-order valence-electron chi connectivity index (χ1n) is 9.11. The average Bonchev–Trinajstić information content (AvgIpc) is 3.37. The zero-order valence-electron chi connectivity index (χ0n) is 14.6. The van der Waals surface area contributed by atoms with E-state index in [4.69, 9.17) is 4.42 Å². The second-order valence-electron chi connectivity index (χ2n) is 7.04. The van der Waals surface area contributed by atoms with Gasteiger partial charge in [0.05, 0.1) is 6.26 Å². The lowest BCUT2D eigenvalue weighted by Crippen LogP contribution is -2.36. The van der Waals surface area contributed by atoms with Crippen molar-refractivity contribution in [1.29, 1.82) is 0 Å². The molecule has 0 unspecified atom stereocenters. The topological polar surface area (TPSA) is 39.9 Å². The Morgan fingerprint density at radius 1 is 0.923 bits per heavy atom. The van der Waals surface area contributed by atoms with E-state index in [1.165, 1.54) is 11.1 Å². The number of fused-ring (bicyclic) bond motifs is 2. The summed E-state index contributed by atoms with van der Waals surface area (Å²) in [6.07, 6.45) is 1.68. The van der Waals surface area contributed by atoms with Crippen molar-refractivity contribution >= 4 is 22.7 Å². The zero-order valence-corrected chi connectivity index (χ0v) is 14.6. The van der Waals surface area contributed by atoms with Crippen molar-refractivity contribution in [3.05, 3.63) is 65.9 Å². The molecule has 2 aliphatic rings. The second kappa shape index (κ2) is 6.18. The van der Waals surface area contributed by atoms with Gasteiger partial charge in [-0.15, -0.1) is 0 Å². The van der Waals surface area contributed by atoms with Crippen molar-refractivity contribution in [3.63, 3.8) is 0 Å². The molecule has 3 heterocycles. The van der Waals surface area contributed by atoms with Gasteiger partial charge in [0.25, 0.3) is 0 Å². The Morgan fingerprint density at radius 2 is 1.73 bits per heavy atom. The highest BCUT2D eigenvalue weighted by atomic mass is 16.3. The summed E-state index contributed by atoms with van der Waals surface area (Å²) < 4.78 is 5.39. The van der Waals surface area contributed by atoms with Crippen molar-refractivity contribution in [3.8, 4) is 0 Å². The quantitative estimate of drug-likeness (QED) is 0.723. The van der Waals surface area contributed by atoms with E-state index in [0.717, 1.165) is 55.9 Å². The van der Waals surface area contributed by atoms with Crippen LogP contribution in [-0.4, -0.2) is 42.0 Å². The molecule has 132 valence electrons. The highest BCUT2D eigenvalue weighted by Crippen LogP contribution is 2.26. The van der Waals surface area contributed by atoms with Crippen LogP contribution in [0, 0.1) is 0 Å². The largest absolute Gasteiger partial charge is 0.464 e. The Bertz CT molecular complexity index is 940. The summed E-state index contributed by atoms with van der Waals surface area (Å²) in [5, 5.41) is 1.03. The van der Waals surface area contributed by atoms with Gasteiger partial charge in [0.2, 0.25) is 0 Å². The van der Waals surface area contributed by atoms with Crippen molar-refractivity contribution < 1.29 is 9.21 Å². The van der Waals surface area contributed by atoms with Crippen molar-refractivity contribution in [2.24, 2.45) is 0 Å². The third-order valence-corrected chi connectivity index (χ3v) is 5.44. The first-order valence-corrected chi connectivity index (χ1v) is 9.11. The van der Waals surface area contributed by atoms with Gasteiger partial charge in [0.15, 0.2) is 0 Å². The number of benzene rings is 2. The number of anilines is 1. The molecule has 0 N–H and O–H groups in total. The summed E-state index contributed by atoms with van der Waals surface area (Å²) in [6.45, 7) is 5.18. The van der Waals surface area contributed by atoms with Crippen LogP contribution in [-0.2, 0) is 13.1 Å². The lowest BCUT2D eigenvalue weighted by atomic mass is 10.1. The molecule has 1 saturated heterocycles. The first-order chi connectivity index (χ1) is 12.8. The Hall–Kier alpha value is -2.79. The van der Waals surface area contributed by atoms with Gasteiger partial charge in [-0.1, -0.05) is 24.3 Å². The molecule has 0 radical (unpaired) electrons. The number of furan rings is 1. The minimum atomic E-state index is 0.101. The van der Waals surface area contributed by atoms with Crippen LogP contribution in [0.1, 0.15) is 11.1 Å². The molecule has 3 aromatic rings. The van der Waals surface area contributed by atoms with Crippen LogP contribution in [0.4, 0.5) is 10.5 Å². The molecule has 0 atom stereocenters. The summed E-state index contributed by atoms with van der Waals surface area (Å²) >= 11 is 0. The summed E-state index contributed by atoms with van der Waals surface area (Å²) in [6, 6.07) is 16.5. The monoisotopic (exact) mass is 347 g/mol. The minimum absolute atomic E-state index is 0.101. The van der Waals surface area contributed by atoms with E-state index < -0.39 is 0 Å². The highest BCUT2D eigenvalue weighted by Gasteiger charge is 2.30. The molecule has 5 heteroatoms. The number of urea groups is 1. The maximum Gasteiger partial charge on any atom is 0.324 e. The molecular formula is C21H21N3O2. The number of hydrogen-bond acceptors (Lipinski definition) is 3. The van der Waals surface area contributed by atoms with E-state index in [0.29, 0.717) is 0 Å². The smallest absolute Gasteiger partial charge is 0.324 e. The number of hydrogen-bond donors (Lipinski definition) is 0. The molecule has 0 bridgehead atoms. The van der Waals surface area contributed by atoms with E-state index in [-0.39, 0.29) is 6.03 Å². The number of rotatable bonds is 4. The van der Waals surface area contributed by atoms with Crippen molar-refractivity contribution in [1.82, 2.24) is 9.80 Å². The summed E-state index contributed by atoms with van der Waals surface area (Å²) in [5.74, 6) is 0. The fourth-order valence-corrected chi connectivity index (χ4v) is 3.98. The lowest BCUT2D eigenvalue weighted by Gasteiger charge is -2.22. The number of amides is 2. The van der Waals surface area contributed by atoms with Gasteiger partial charge in [-0.25, -0.2) is 4.79 Å². The van der Waals surface area contributed by atoms with E-state index in [1.807, 2.05) is 34.1 Å². The average molecular weight is 347 g/mol. The standard InChI is InChI=1S/C21H21N3O2/c25-21-23(9-8-22-14-17-3-1-2-4-18(17)15-22)10-11-24(21)19-5-6-20-16(13-19)7-12-26-20/h1-7,12-13H,8-11,14-15H2. The fourth-order valence-electron chi connectivity index (χ4n) is 3.98. The molecule has 2 aliphatic heterocycles. The van der Waals surface area contributed by atoms with Crippen LogP contribution in [0.3, 0.4) is 0 Å². The van der Waals surface area contributed by atoms with Gasteiger partial charge < -0.3 is 9.32 Å². The molecule has 0 aliphatic carbocycles. The Labute approximate surface area is 152 Å². The van der Waals surface area contributed by atoms with Gasteiger partial charge in [0, 0.05) is 50.3 Å². The Balaban J connectivity index is 1.23. The summed E-state index contributed by atoms with van der Waals surface area (Å²) in [5.41, 5.74) is 4.62. The van der Waals surface area contributed by atoms with Gasteiger partial charge in [0.1, 0.15) is 5.58 Å².